The molecule has 0 spiro atoms. The molecule has 0 aliphatic heterocycles. The summed E-state index contributed by atoms with van der Waals surface area (Å²) in [6, 6.07) is 32.0. The minimum Gasteiger partial charge on any atom is -0.398 e. The summed E-state index contributed by atoms with van der Waals surface area (Å²) in [6.07, 6.45) is 3.24. The van der Waals surface area contributed by atoms with Crippen molar-refractivity contribution >= 4 is 208 Å². The number of imidazole rings is 6. The number of aryl methyl sites for hydroxylation is 2. The van der Waals surface area contributed by atoms with Crippen LogP contribution >= 0.6 is 101 Å². The third-order valence-corrected chi connectivity index (χ3v) is 15.0. The van der Waals surface area contributed by atoms with Crippen molar-refractivity contribution in [3.8, 4) is 0 Å². The number of hydrogen-bond acceptors (Lipinski definition) is 18. The lowest BCUT2D eigenvalue weighted by Crippen LogP contribution is -2.26. The van der Waals surface area contributed by atoms with E-state index in [-0.39, 0.29) is 56.2 Å². The van der Waals surface area contributed by atoms with Gasteiger partial charge in [-0.25, -0.2) is 29.9 Å². The maximum atomic E-state index is 12.7. The van der Waals surface area contributed by atoms with Crippen molar-refractivity contribution in [1.29, 1.82) is 0 Å². The van der Waals surface area contributed by atoms with Crippen molar-refractivity contribution in [1.82, 2.24) is 58.6 Å². The molecule has 7 aromatic heterocycles. The van der Waals surface area contributed by atoms with Crippen LogP contribution in [0.5, 0.6) is 0 Å². The molecule has 14 N–H and O–H groups in total. The molecule has 7 heterocycles. The molecule has 0 saturated heterocycles. The van der Waals surface area contributed by atoms with Crippen LogP contribution < -0.4 is 44.7 Å². The second kappa shape index (κ2) is 29.3. The first-order valence-electron chi connectivity index (χ1n) is 25.4. The summed E-state index contributed by atoms with van der Waals surface area (Å²) >= 11 is 40.6. The zero-order valence-electron chi connectivity index (χ0n) is 46.2. The van der Waals surface area contributed by atoms with Crippen LogP contribution in [0.15, 0.2) is 147 Å². The molecule has 464 valence electrons. The molecule has 2 amide bonds. The van der Waals surface area contributed by atoms with Crippen LogP contribution in [-0.2, 0) is 0 Å². The van der Waals surface area contributed by atoms with Gasteiger partial charge in [-0.15, -0.1) is 0 Å². The number of aromatic nitrogens is 12. The van der Waals surface area contributed by atoms with Crippen LogP contribution in [-0.4, -0.2) is 85.9 Å². The number of fused-ring (bicyclic) bond motifs is 5. The van der Waals surface area contributed by atoms with E-state index in [9.17, 15) is 38.9 Å². The van der Waals surface area contributed by atoms with E-state index >= 15 is 0 Å². The van der Waals surface area contributed by atoms with Gasteiger partial charge in [-0.05, 0) is 115 Å². The van der Waals surface area contributed by atoms with Gasteiger partial charge in [0.2, 0.25) is 5.95 Å². The number of rotatable bonds is 7. The van der Waals surface area contributed by atoms with E-state index in [0.29, 0.717) is 43.7 Å². The van der Waals surface area contributed by atoms with E-state index < -0.39 is 38.3 Å². The van der Waals surface area contributed by atoms with Crippen molar-refractivity contribution in [2.45, 2.75) is 13.8 Å². The zero-order valence-corrected chi connectivity index (χ0v) is 54.0. The second-order valence-electron chi connectivity index (χ2n) is 18.4. The largest absolute Gasteiger partial charge is 0.398 e. The number of benzene rings is 6. The van der Waals surface area contributed by atoms with Gasteiger partial charge in [-0.2, -0.15) is 0 Å². The number of nitro benzene ring substituents is 1. The summed E-state index contributed by atoms with van der Waals surface area (Å²) in [5.41, 5.74) is 26.7. The number of amides is 2. The number of nitrogens with zero attached hydrogens (tertiary/aromatic N) is 9. The molecule has 0 bridgehead atoms. The first-order valence-corrected chi connectivity index (χ1v) is 29.3. The van der Waals surface area contributed by atoms with E-state index in [1.165, 1.54) is 24.5 Å². The fraction of sp³-hybridized carbons (Fsp3) is 0.0357. The third-order valence-electron chi connectivity index (χ3n) is 12.4. The molecule has 0 fully saturated rings. The summed E-state index contributed by atoms with van der Waals surface area (Å²) in [5.74, 6) is -0.0675. The number of carbonyl (C=O) groups excluding carboxylic acids is 4. The van der Waals surface area contributed by atoms with Gasteiger partial charge in [0.05, 0.1) is 47.9 Å². The van der Waals surface area contributed by atoms with E-state index in [0.717, 1.165) is 69.3 Å². The molecule has 27 nitrogen and oxygen atoms in total. The Kier molecular flexibility index (Phi) is 21.6. The highest BCUT2D eigenvalue weighted by molar-refractivity contribution is 9.10. The number of nitrogen functional groups attached to an aromatic ring is 4. The Bertz CT molecular complexity index is 4910. The number of nitro groups is 1. The molecule has 0 aliphatic rings. The average molecular weight is 1480 g/mol. The Morgan fingerprint density at radius 1 is 0.571 bits per heavy atom. The Labute approximate surface area is 556 Å². The maximum Gasteiger partial charge on any atom is 0.293 e. The molecule has 35 heteroatoms. The van der Waals surface area contributed by atoms with Crippen LogP contribution in [0.2, 0.25) is 20.1 Å². The molecule has 13 aromatic rings. The van der Waals surface area contributed by atoms with Gasteiger partial charge in [-0.1, -0.05) is 115 Å². The first-order chi connectivity index (χ1) is 43.2. The standard InChI is InChI=1S/C19H14BrClN6O2.C10H2Cl2N4O4.C7H8BrN.2C7H6ClN3.C6H5ClN2O2/c1-9-5-6-10(20)7-13(9)24-17(28)15-16(23-8-22-15)18(29)27-19-25-12-4-2-3-11(21)14(12)26-19;11-7(17)3-5-10(20)16-2-14-4(8(12)18)6(16)9(19)15(5)1-13-3;1-5-2-3-6(8)4-7(5)9;2*8-4-2-1-3-5-6(4)11-7(9)10-5;7-4-2-1-3-5(6(4)8)9(10)11/h2-8H,1H3,(H,22,23)(H,24,28)(H2,25,26,27,29);1-2H;2-4H,9H2,1H3;2*1-3H,(H3,9,10,11);1-3H,8H2. The van der Waals surface area contributed by atoms with Crippen molar-refractivity contribution in [2.75, 3.05) is 33.6 Å². The fourth-order valence-corrected chi connectivity index (χ4v) is 9.87. The van der Waals surface area contributed by atoms with Gasteiger partial charge in [0, 0.05) is 26.4 Å². The predicted molar refractivity (Wildman–Crippen MR) is 359 cm³/mol. The van der Waals surface area contributed by atoms with Crippen molar-refractivity contribution in [3.05, 3.63) is 222 Å². The summed E-state index contributed by atoms with van der Waals surface area (Å²) in [6.45, 7) is 3.86. The molecular weight excluding hydrogens is 1440 g/mol. The van der Waals surface area contributed by atoms with Gasteiger partial charge in [0.1, 0.15) is 51.6 Å². The average Bonchev–Trinajstić information content (AvgIpc) is 1.62. The Morgan fingerprint density at radius 3 is 1.48 bits per heavy atom. The predicted octanol–water partition coefficient (Wildman–Crippen LogP) is 12.2. The molecule has 0 atom stereocenters. The minimum atomic E-state index is -0.975. The number of nitrogens with one attached hydrogen (secondary N) is 6. The highest BCUT2D eigenvalue weighted by Crippen LogP contribution is 2.29. The summed E-state index contributed by atoms with van der Waals surface area (Å²) < 4.78 is 3.52. The van der Waals surface area contributed by atoms with Gasteiger partial charge in [-0.3, -0.25) is 53.0 Å². The van der Waals surface area contributed by atoms with Crippen LogP contribution in [0.1, 0.15) is 53.1 Å². The highest BCUT2D eigenvalue weighted by atomic mass is 79.9. The number of anilines is 6. The van der Waals surface area contributed by atoms with Crippen molar-refractivity contribution < 1.29 is 24.1 Å². The molecule has 0 saturated carbocycles. The second-order valence-corrected chi connectivity index (χ2v) is 22.6. The van der Waals surface area contributed by atoms with Crippen LogP contribution in [0.4, 0.5) is 40.6 Å². The van der Waals surface area contributed by atoms with E-state index in [1.807, 2.05) is 68.4 Å². The van der Waals surface area contributed by atoms with E-state index in [2.05, 4.69) is 92.3 Å². The van der Waals surface area contributed by atoms with Crippen molar-refractivity contribution in [3.63, 3.8) is 0 Å². The van der Waals surface area contributed by atoms with Crippen LogP contribution in [0.3, 0.4) is 0 Å². The van der Waals surface area contributed by atoms with Crippen molar-refractivity contribution in [2.24, 2.45) is 0 Å². The third kappa shape index (κ3) is 15.8. The quantitative estimate of drug-likeness (QED) is 0.0307. The van der Waals surface area contributed by atoms with Gasteiger partial charge >= 0.3 is 0 Å². The summed E-state index contributed by atoms with van der Waals surface area (Å²) in [4.78, 5) is 117. The minimum absolute atomic E-state index is 0.0131. The lowest BCUT2D eigenvalue weighted by molar-refractivity contribution is -0.383. The maximum absolute atomic E-state index is 12.7. The van der Waals surface area contributed by atoms with Crippen LogP contribution in [0, 0.1) is 24.0 Å². The smallest absolute Gasteiger partial charge is 0.293 e. The number of halogens is 8. The normalized spacial score (nSPS) is 10.6. The number of H-pyrrole nitrogens is 4. The number of nitrogens with two attached hydrogens (primary N) is 4. The Morgan fingerprint density at radius 2 is 1.03 bits per heavy atom. The molecule has 0 aliphatic carbocycles. The lowest BCUT2D eigenvalue weighted by Gasteiger charge is -2.08. The Hall–Kier alpha value is -9.72. The topological polar surface area (TPSA) is 423 Å². The van der Waals surface area contributed by atoms with Gasteiger partial charge in [0.25, 0.3) is 39.1 Å². The molecule has 0 radical (unpaired) electrons. The summed E-state index contributed by atoms with van der Waals surface area (Å²) in [7, 11) is 0. The number of aromatic amines is 4. The fourth-order valence-electron chi connectivity index (χ4n) is 8.03. The molecule has 91 heavy (non-hydrogen) atoms. The Balaban J connectivity index is 0.000000150. The van der Waals surface area contributed by atoms with E-state index in [1.54, 1.807) is 36.4 Å². The highest BCUT2D eigenvalue weighted by Gasteiger charge is 2.25. The number of carbonyl (C=O) groups is 4. The zero-order chi connectivity index (χ0) is 66.1. The number of hydrogen-bond donors (Lipinski definition) is 10. The van der Waals surface area contributed by atoms with Gasteiger partial charge in [0.15, 0.2) is 29.0 Å². The summed E-state index contributed by atoms with van der Waals surface area (Å²) in [5, 5.41) is 15.6. The molecule has 0 unspecified atom stereocenters. The monoisotopic (exact) mass is 1470 g/mol. The lowest BCUT2D eigenvalue weighted by atomic mass is 10.2. The molecule has 13 rings (SSSR count). The van der Waals surface area contributed by atoms with Crippen LogP contribution in [0.25, 0.3) is 44.1 Å². The molecular formula is C56H41Br2Cl6N19O8. The first kappa shape index (κ1) is 67.2. The number of para-hydroxylation sites is 4. The van der Waals surface area contributed by atoms with E-state index in [4.69, 9.17) is 92.5 Å². The molecule has 6 aromatic carbocycles. The SMILES string of the molecule is Cc1ccc(Br)cc1N.Cc1ccc(Br)cc1NC(=O)c1nc[nH]c1C(=O)Nc1nc2c(Cl)cccc2[nH]1.Nc1c(Cl)cccc1[N+](=O)[O-].Nc1nc2c(Cl)cccc2[nH]1.Nc1nc2c(Cl)cccc2[nH]1.O=C(Cl)c1ncn2c(=O)c3c(C(=O)Cl)ncn3c(=O)c12. The van der Waals surface area contributed by atoms with Gasteiger partial charge < -0.3 is 48.2 Å².